The summed E-state index contributed by atoms with van der Waals surface area (Å²) in [6.45, 7) is 6.08. The van der Waals surface area contributed by atoms with E-state index in [1.54, 1.807) is 0 Å². The summed E-state index contributed by atoms with van der Waals surface area (Å²) in [5, 5.41) is 9.39. The van der Waals surface area contributed by atoms with Crippen molar-refractivity contribution in [3.05, 3.63) is 47.9 Å². The van der Waals surface area contributed by atoms with E-state index in [9.17, 15) is 14.7 Å². The molecule has 0 fully saturated rings. The minimum Gasteiger partial charge on any atom is -0.475 e. The fourth-order valence-electron chi connectivity index (χ4n) is 2.07. The SMILES string of the molecule is CC(C)(C)CCOC(=O)C1(C(=O)O)OC=C(Cc2ccccc2)O1. The summed E-state index contributed by atoms with van der Waals surface area (Å²) in [4.78, 5) is 23.7. The largest absolute Gasteiger partial charge is 0.475 e. The summed E-state index contributed by atoms with van der Waals surface area (Å²) in [5.41, 5.74) is 0.875. The summed E-state index contributed by atoms with van der Waals surface area (Å²) in [7, 11) is 0. The van der Waals surface area contributed by atoms with E-state index in [1.807, 2.05) is 51.1 Å². The zero-order chi connectivity index (χ0) is 17.8. The molecule has 6 nitrogen and oxygen atoms in total. The molecule has 1 unspecified atom stereocenters. The Labute approximate surface area is 141 Å². The molecule has 0 bridgehead atoms. The molecule has 0 saturated carbocycles. The zero-order valence-corrected chi connectivity index (χ0v) is 14.1. The van der Waals surface area contributed by atoms with Gasteiger partial charge in [-0.25, -0.2) is 9.59 Å². The lowest BCUT2D eigenvalue weighted by Gasteiger charge is -2.23. The van der Waals surface area contributed by atoms with Gasteiger partial charge in [-0.3, -0.25) is 0 Å². The molecule has 1 aliphatic rings. The first-order valence-corrected chi connectivity index (χ1v) is 7.73. The van der Waals surface area contributed by atoms with Crippen LogP contribution < -0.4 is 0 Å². The molecule has 0 radical (unpaired) electrons. The van der Waals surface area contributed by atoms with Gasteiger partial charge in [0.2, 0.25) is 0 Å². The van der Waals surface area contributed by atoms with E-state index in [0.29, 0.717) is 12.8 Å². The second-order valence-electron chi connectivity index (χ2n) is 6.83. The lowest BCUT2D eigenvalue weighted by Crippen LogP contribution is -2.49. The monoisotopic (exact) mass is 334 g/mol. The van der Waals surface area contributed by atoms with E-state index in [0.717, 1.165) is 11.8 Å². The zero-order valence-electron chi connectivity index (χ0n) is 14.1. The van der Waals surface area contributed by atoms with E-state index in [4.69, 9.17) is 14.2 Å². The molecule has 2 rings (SSSR count). The van der Waals surface area contributed by atoms with E-state index >= 15 is 0 Å². The van der Waals surface area contributed by atoms with E-state index in [-0.39, 0.29) is 17.8 Å². The Hall–Kier alpha value is -2.50. The van der Waals surface area contributed by atoms with Crippen LogP contribution in [0, 0.1) is 5.41 Å². The first-order chi connectivity index (χ1) is 11.2. The Morgan fingerprint density at radius 1 is 1.21 bits per heavy atom. The molecule has 1 heterocycles. The van der Waals surface area contributed by atoms with Crippen molar-refractivity contribution >= 4 is 11.9 Å². The molecule has 24 heavy (non-hydrogen) atoms. The summed E-state index contributed by atoms with van der Waals surface area (Å²) in [6, 6.07) is 9.32. The molecule has 0 spiro atoms. The molecule has 1 aromatic rings. The van der Waals surface area contributed by atoms with Crippen LogP contribution in [0.5, 0.6) is 0 Å². The van der Waals surface area contributed by atoms with Crippen molar-refractivity contribution in [3.63, 3.8) is 0 Å². The van der Waals surface area contributed by atoms with Crippen molar-refractivity contribution in [2.24, 2.45) is 5.41 Å². The quantitative estimate of drug-likeness (QED) is 0.636. The number of hydrogen-bond acceptors (Lipinski definition) is 5. The molecule has 0 saturated heterocycles. The third-order valence-electron chi connectivity index (χ3n) is 3.49. The highest BCUT2D eigenvalue weighted by atomic mass is 16.8. The number of carboxylic acids is 1. The average molecular weight is 334 g/mol. The number of allylic oxidation sites excluding steroid dienone is 1. The lowest BCUT2D eigenvalue weighted by atomic mass is 9.93. The van der Waals surface area contributed by atoms with Crippen LogP contribution in [0.3, 0.4) is 0 Å². The fourth-order valence-corrected chi connectivity index (χ4v) is 2.07. The Morgan fingerprint density at radius 2 is 1.88 bits per heavy atom. The highest BCUT2D eigenvalue weighted by Gasteiger charge is 2.57. The number of ether oxygens (including phenoxy) is 3. The molecule has 0 aliphatic carbocycles. The van der Waals surface area contributed by atoms with Gasteiger partial charge in [-0.05, 0) is 17.4 Å². The average Bonchev–Trinajstić information content (AvgIpc) is 2.92. The molecule has 1 aromatic carbocycles. The van der Waals surface area contributed by atoms with Crippen LogP contribution >= 0.6 is 0 Å². The topological polar surface area (TPSA) is 82.1 Å². The number of benzene rings is 1. The van der Waals surface area contributed by atoms with Gasteiger partial charge in [0.15, 0.2) is 0 Å². The summed E-state index contributed by atoms with van der Waals surface area (Å²) < 4.78 is 15.5. The van der Waals surface area contributed by atoms with Gasteiger partial charge >= 0.3 is 17.7 Å². The van der Waals surface area contributed by atoms with Crippen LogP contribution in [0.2, 0.25) is 0 Å². The van der Waals surface area contributed by atoms with Crippen molar-refractivity contribution in [1.82, 2.24) is 0 Å². The molecule has 130 valence electrons. The Bertz CT molecular complexity index is 629. The molecule has 1 atom stereocenters. The number of esters is 1. The maximum Gasteiger partial charge on any atom is 0.452 e. The molecule has 6 heteroatoms. The van der Waals surface area contributed by atoms with Gasteiger partial charge in [0.05, 0.1) is 6.61 Å². The Balaban J connectivity index is 2.00. The first kappa shape index (κ1) is 17.8. The van der Waals surface area contributed by atoms with Crippen LogP contribution in [-0.4, -0.2) is 29.4 Å². The second kappa shape index (κ2) is 6.95. The van der Waals surface area contributed by atoms with E-state index < -0.39 is 17.7 Å². The number of rotatable bonds is 6. The predicted octanol–water partition coefficient (Wildman–Crippen LogP) is 2.88. The van der Waals surface area contributed by atoms with Crippen LogP contribution in [-0.2, 0) is 30.2 Å². The van der Waals surface area contributed by atoms with Crippen molar-refractivity contribution in [2.45, 2.75) is 39.4 Å². The normalized spacial score (nSPS) is 19.9. The second-order valence-corrected chi connectivity index (χ2v) is 6.83. The summed E-state index contributed by atoms with van der Waals surface area (Å²) >= 11 is 0. The minimum absolute atomic E-state index is 0.0369. The molecular weight excluding hydrogens is 312 g/mol. The fraction of sp³-hybridized carbons (Fsp3) is 0.444. The summed E-state index contributed by atoms with van der Waals surface area (Å²) in [6.07, 6.45) is 2.08. The van der Waals surface area contributed by atoms with Gasteiger partial charge in [0, 0.05) is 6.42 Å². The third kappa shape index (κ3) is 4.28. The highest BCUT2D eigenvalue weighted by Crippen LogP contribution is 2.30. The van der Waals surface area contributed by atoms with Gasteiger partial charge < -0.3 is 19.3 Å². The van der Waals surface area contributed by atoms with Crippen molar-refractivity contribution in [3.8, 4) is 0 Å². The smallest absolute Gasteiger partial charge is 0.452 e. The maximum atomic E-state index is 12.2. The van der Waals surface area contributed by atoms with Gasteiger partial charge in [0.25, 0.3) is 0 Å². The lowest BCUT2D eigenvalue weighted by molar-refractivity contribution is -0.215. The van der Waals surface area contributed by atoms with Crippen molar-refractivity contribution in [1.29, 1.82) is 0 Å². The molecule has 0 amide bonds. The van der Waals surface area contributed by atoms with E-state index in [2.05, 4.69) is 0 Å². The van der Waals surface area contributed by atoms with Crippen LogP contribution in [0.1, 0.15) is 32.8 Å². The molecule has 1 N–H and O–H groups in total. The highest BCUT2D eigenvalue weighted by molar-refractivity contribution is 6.01. The third-order valence-corrected chi connectivity index (χ3v) is 3.49. The van der Waals surface area contributed by atoms with Crippen LogP contribution in [0.4, 0.5) is 0 Å². The first-order valence-electron chi connectivity index (χ1n) is 7.73. The summed E-state index contributed by atoms with van der Waals surface area (Å²) in [5.74, 6) is -4.79. The molecular formula is C18H22O6. The van der Waals surface area contributed by atoms with Crippen LogP contribution in [0.25, 0.3) is 0 Å². The standard InChI is InChI=1S/C18H22O6/c1-17(2,3)9-10-22-16(21)18(15(19)20)23-12-14(24-18)11-13-7-5-4-6-8-13/h4-8,12H,9-11H2,1-3H3,(H,19,20). The van der Waals surface area contributed by atoms with Crippen molar-refractivity contribution in [2.75, 3.05) is 6.61 Å². The Kier molecular flexibility index (Phi) is 5.17. The number of carboxylic acid groups (broad SMARTS) is 1. The predicted molar refractivity (Wildman–Crippen MR) is 85.8 cm³/mol. The number of carbonyl (C=O) groups is 2. The number of hydrogen-bond donors (Lipinski definition) is 1. The number of carbonyl (C=O) groups excluding carboxylic acids is 1. The van der Waals surface area contributed by atoms with Crippen molar-refractivity contribution < 1.29 is 28.9 Å². The van der Waals surface area contributed by atoms with Gasteiger partial charge in [-0.15, -0.1) is 0 Å². The van der Waals surface area contributed by atoms with Gasteiger partial charge in [-0.1, -0.05) is 51.1 Å². The van der Waals surface area contributed by atoms with Gasteiger partial charge in [-0.2, -0.15) is 0 Å². The van der Waals surface area contributed by atoms with Crippen LogP contribution in [0.15, 0.2) is 42.4 Å². The van der Waals surface area contributed by atoms with E-state index in [1.165, 1.54) is 0 Å². The number of aliphatic carboxylic acids is 1. The van der Waals surface area contributed by atoms with Gasteiger partial charge in [0.1, 0.15) is 12.0 Å². The molecule has 1 aliphatic heterocycles. The minimum atomic E-state index is -2.46. The molecule has 0 aromatic heterocycles. The Morgan fingerprint density at radius 3 is 2.46 bits per heavy atom. The maximum absolute atomic E-state index is 12.2.